The Morgan fingerprint density at radius 3 is 3.05 bits per heavy atom. The molecule has 0 saturated carbocycles. The number of halogens is 1. The maximum absolute atomic E-state index is 13.3. The lowest BCUT2D eigenvalue weighted by Crippen LogP contribution is -2.38. The molecule has 0 bridgehead atoms. The van der Waals surface area contributed by atoms with Gasteiger partial charge in [0.1, 0.15) is 12.0 Å². The fourth-order valence-corrected chi connectivity index (χ4v) is 2.40. The van der Waals surface area contributed by atoms with Gasteiger partial charge in [-0.3, -0.25) is 10.1 Å². The van der Waals surface area contributed by atoms with Gasteiger partial charge in [0.25, 0.3) is 0 Å². The number of carbonyl (C=O) groups is 1. The quantitative estimate of drug-likeness (QED) is 0.881. The van der Waals surface area contributed by atoms with E-state index in [0.29, 0.717) is 13.2 Å². The largest absolute Gasteiger partial charge is 0.385 e. The standard InChI is InChI=1S/C14H19FN2O2/c1-10(6-7-19-2)17-13(18)9-16-14(17)11-4-3-5-12(15)8-11/h3-5,8,10,14,16H,6-7,9H2,1-2H3. The topological polar surface area (TPSA) is 41.6 Å². The van der Waals surface area contributed by atoms with Crippen molar-refractivity contribution in [2.45, 2.75) is 25.6 Å². The molecule has 1 aromatic carbocycles. The van der Waals surface area contributed by atoms with Gasteiger partial charge in [-0.15, -0.1) is 0 Å². The maximum Gasteiger partial charge on any atom is 0.238 e. The van der Waals surface area contributed by atoms with Crippen molar-refractivity contribution in [3.63, 3.8) is 0 Å². The number of carbonyl (C=O) groups excluding carboxylic acids is 1. The fraction of sp³-hybridized carbons (Fsp3) is 0.500. The normalized spacial score (nSPS) is 20.9. The fourth-order valence-electron chi connectivity index (χ4n) is 2.40. The van der Waals surface area contributed by atoms with Gasteiger partial charge in [-0.05, 0) is 31.0 Å². The first-order valence-electron chi connectivity index (χ1n) is 6.42. The molecule has 1 aliphatic heterocycles. The first kappa shape index (κ1) is 14.0. The van der Waals surface area contributed by atoms with Crippen molar-refractivity contribution >= 4 is 5.91 Å². The molecule has 1 heterocycles. The Bertz CT molecular complexity index is 453. The van der Waals surface area contributed by atoms with E-state index < -0.39 is 0 Å². The van der Waals surface area contributed by atoms with Crippen LogP contribution in [-0.2, 0) is 9.53 Å². The highest BCUT2D eigenvalue weighted by Gasteiger charge is 2.34. The van der Waals surface area contributed by atoms with Gasteiger partial charge < -0.3 is 9.64 Å². The first-order chi connectivity index (χ1) is 9.13. The van der Waals surface area contributed by atoms with E-state index in [4.69, 9.17) is 4.74 Å². The number of rotatable bonds is 5. The van der Waals surface area contributed by atoms with Crippen molar-refractivity contribution in [2.75, 3.05) is 20.3 Å². The summed E-state index contributed by atoms with van der Waals surface area (Å²) in [6.07, 6.45) is 0.505. The van der Waals surface area contributed by atoms with Gasteiger partial charge in [-0.1, -0.05) is 12.1 Å². The van der Waals surface area contributed by atoms with Crippen molar-refractivity contribution in [2.24, 2.45) is 0 Å². The van der Waals surface area contributed by atoms with E-state index in [2.05, 4.69) is 5.32 Å². The van der Waals surface area contributed by atoms with E-state index in [-0.39, 0.29) is 23.9 Å². The Kier molecular flexibility index (Phi) is 4.50. The summed E-state index contributed by atoms with van der Waals surface area (Å²) in [5, 5.41) is 3.13. The molecule has 1 amide bonds. The summed E-state index contributed by atoms with van der Waals surface area (Å²) in [5.74, 6) is -0.249. The number of nitrogens with zero attached hydrogens (tertiary/aromatic N) is 1. The average Bonchev–Trinajstić information content (AvgIpc) is 2.78. The monoisotopic (exact) mass is 266 g/mol. The second-order valence-corrected chi connectivity index (χ2v) is 4.77. The summed E-state index contributed by atoms with van der Waals surface area (Å²) in [4.78, 5) is 13.7. The van der Waals surface area contributed by atoms with Crippen LogP contribution in [0.25, 0.3) is 0 Å². The van der Waals surface area contributed by atoms with Crippen molar-refractivity contribution < 1.29 is 13.9 Å². The summed E-state index contributed by atoms with van der Waals surface area (Å²) in [6, 6.07) is 6.41. The highest BCUT2D eigenvalue weighted by Crippen LogP contribution is 2.26. The molecule has 0 aromatic heterocycles. The van der Waals surface area contributed by atoms with Gasteiger partial charge in [0.15, 0.2) is 0 Å². The zero-order valence-electron chi connectivity index (χ0n) is 11.2. The smallest absolute Gasteiger partial charge is 0.238 e. The van der Waals surface area contributed by atoms with Gasteiger partial charge in [-0.25, -0.2) is 4.39 Å². The van der Waals surface area contributed by atoms with Gasteiger partial charge in [0.2, 0.25) is 5.91 Å². The molecule has 4 nitrogen and oxygen atoms in total. The predicted octanol–water partition coefficient (Wildman–Crippen LogP) is 1.68. The lowest BCUT2D eigenvalue weighted by Gasteiger charge is -2.30. The van der Waals surface area contributed by atoms with E-state index in [1.165, 1.54) is 12.1 Å². The zero-order chi connectivity index (χ0) is 13.8. The van der Waals surface area contributed by atoms with Crippen molar-refractivity contribution in [1.29, 1.82) is 0 Å². The van der Waals surface area contributed by atoms with E-state index >= 15 is 0 Å². The van der Waals surface area contributed by atoms with Crippen LogP contribution in [0.4, 0.5) is 4.39 Å². The summed E-state index contributed by atoms with van der Waals surface area (Å²) in [7, 11) is 1.64. The van der Waals surface area contributed by atoms with Crippen LogP contribution in [0.3, 0.4) is 0 Å². The van der Waals surface area contributed by atoms with Crippen LogP contribution >= 0.6 is 0 Å². The number of amides is 1. The summed E-state index contributed by atoms with van der Waals surface area (Å²) in [5.41, 5.74) is 0.773. The highest BCUT2D eigenvalue weighted by molar-refractivity contribution is 5.81. The van der Waals surface area contributed by atoms with Crippen LogP contribution in [0.5, 0.6) is 0 Å². The SMILES string of the molecule is COCCC(C)N1C(=O)CNC1c1cccc(F)c1. The van der Waals surface area contributed by atoms with Gasteiger partial charge >= 0.3 is 0 Å². The predicted molar refractivity (Wildman–Crippen MR) is 69.9 cm³/mol. The Morgan fingerprint density at radius 1 is 1.58 bits per heavy atom. The van der Waals surface area contributed by atoms with Crippen LogP contribution in [0, 0.1) is 5.82 Å². The molecule has 2 rings (SSSR count). The third kappa shape index (κ3) is 3.11. The van der Waals surface area contributed by atoms with Crippen molar-refractivity contribution in [3.05, 3.63) is 35.6 Å². The van der Waals surface area contributed by atoms with Gasteiger partial charge in [0.05, 0.1) is 6.54 Å². The molecule has 1 aromatic rings. The zero-order valence-corrected chi connectivity index (χ0v) is 11.2. The molecule has 104 valence electrons. The van der Waals surface area contributed by atoms with E-state index in [0.717, 1.165) is 12.0 Å². The molecule has 1 aliphatic rings. The highest BCUT2D eigenvalue weighted by atomic mass is 19.1. The second-order valence-electron chi connectivity index (χ2n) is 4.77. The Labute approximate surface area is 112 Å². The second kappa shape index (κ2) is 6.12. The third-order valence-corrected chi connectivity index (χ3v) is 3.39. The molecule has 1 saturated heterocycles. The third-order valence-electron chi connectivity index (χ3n) is 3.39. The molecule has 0 radical (unpaired) electrons. The van der Waals surface area contributed by atoms with Crippen LogP contribution in [0.1, 0.15) is 25.1 Å². The van der Waals surface area contributed by atoms with E-state index in [1.54, 1.807) is 18.1 Å². The van der Waals surface area contributed by atoms with Crippen LogP contribution < -0.4 is 5.32 Å². The summed E-state index contributed by atoms with van der Waals surface area (Å²) >= 11 is 0. The van der Waals surface area contributed by atoms with Crippen LogP contribution in [-0.4, -0.2) is 37.1 Å². The van der Waals surface area contributed by atoms with E-state index in [9.17, 15) is 9.18 Å². The van der Waals surface area contributed by atoms with Gasteiger partial charge in [0, 0.05) is 19.8 Å². The molecule has 2 unspecified atom stereocenters. The molecule has 5 heteroatoms. The van der Waals surface area contributed by atoms with Crippen molar-refractivity contribution in [1.82, 2.24) is 10.2 Å². The number of nitrogens with one attached hydrogen (secondary N) is 1. The summed E-state index contributed by atoms with van der Waals surface area (Å²) < 4.78 is 18.3. The van der Waals surface area contributed by atoms with Gasteiger partial charge in [-0.2, -0.15) is 0 Å². The molecular weight excluding hydrogens is 247 g/mol. The molecule has 2 atom stereocenters. The molecule has 0 spiro atoms. The Morgan fingerprint density at radius 2 is 2.37 bits per heavy atom. The molecule has 1 N–H and O–H groups in total. The molecule has 0 aliphatic carbocycles. The molecule has 1 fully saturated rings. The lowest BCUT2D eigenvalue weighted by molar-refractivity contribution is -0.130. The minimum absolute atomic E-state index is 0.0397. The number of ether oxygens (including phenoxy) is 1. The number of hydrogen-bond acceptors (Lipinski definition) is 3. The first-order valence-corrected chi connectivity index (χ1v) is 6.42. The van der Waals surface area contributed by atoms with Crippen LogP contribution in [0.15, 0.2) is 24.3 Å². The van der Waals surface area contributed by atoms with Crippen LogP contribution in [0.2, 0.25) is 0 Å². The average molecular weight is 266 g/mol. The Balaban J connectivity index is 2.17. The number of hydrogen-bond donors (Lipinski definition) is 1. The number of benzene rings is 1. The van der Waals surface area contributed by atoms with E-state index in [1.807, 2.05) is 13.0 Å². The minimum atomic E-state index is -0.289. The molecule has 19 heavy (non-hydrogen) atoms. The maximum atomic E-state index is 13.3. The molecular formula is C14H19FN2O2. The van der Waals surface area contributed by atoms with Crippen molar-refractivity contribution in [3.8, 4) is 0 Å². The minimum Gasteiger partial charge on any atom is -0.385 e. The number of methoxy groups -OCH3 is 1. The Hall–Kier alpha value is -1.46. The lowest BCUT2D eigenvalue weighted by atomic mass is 10.1. The summed E-state index contributed by atoms with van der Waals surface area (Å²) in [6.45, 7) is 2.87.